The lowest BCUT2D eigenvalue weighted by Crippen LogP contribution is -2.55. The molecule has 2 unspecified atom stereocenters. The van der Waals surface area contributed by atoms with Gasteiger partial charge in [-0.3, -0.25) is 19.2 Å². The first-order chi connectivity index (χ1) is 24.0. The number of ether oxygens (including phenoxy) is 5. The van der Waals surface area contributed by atoms with Crippen LogP contribution in [0.3, 0.4) is 0 Å². The summed E-state index contributed by atoms with van der Waals surface area (Å²) in [6.07, 6.45) is -2.46. The third kappa shape index (κ3) is 10.2. The second kappa shape index (κ2) is 16.0. The molecule has 2 aromatic rings. The second-order valence-corrected chi connectivity index (χ2v) is 15.3. The van der Waals surface area contributed by atoms with Gasteiger partial charge in [-0.2, -0.15) is 0 Å². The van der Waals surface area contributed by atoms with Gasteiger partial charge in [0.05, 0.1) is 31.0 Å². The van der Waals surface area contributed by atoms with E-state index in [4.69, 9.17) is 23.7 Å². The quantitative estimate of drug-likeness (QED) is 0.193. The number of imide groups is 1. The molecular formula is C38H51N3O11. The summed E-state index contributed by atoms with van der Waals surface area (Å²) in [6.45, 7) is 18.2. The van der Waals surface area contributed by atoms with E-state index >= 15 is 0 Å². The average Bonchev–Trinajstić information content (AvgIpc) is 3.23. The number of cyclic esters (lactones) is 1. The SMILES string of the molecule is COc1ccc(OCC(CNC(C)=O)OC(=O)c2ccc(NC(=O)C(C(=O)C(C)(C)C)N3C(=O)OC(C)(C)C3=O)c(OC(C)C)c2)c(C(C)(C)C)c1. The van der Waals surface area contributed by atoms with Gasteiger partial charge in [0.15, 0.2) is 23.5 Å². The number of anilines is 1. The molecule has 1 aliphatic heterocycles. The fraction of sp³-hybridized carbons (Fsp3) is 0.526. The summed E-state index contributed by atoms with van der Waals surface area (Å²) >= 11 is 0. The smallest absolute Gasteiger partial charge is 0.418 e. The highest BCUT2D eigenvalue weighted by atomic mass is 16.6. The van der Waals surface area contributed by atoms with E-state index < -0.39 is 58.9 Å². The molecule has 2 N–H and O–H groups in total. The third-order valence-corrected chi connectivity index (χ3v) is 7.88. The monoisotopic (exact) mass is 725 g/mol. The van der Waals surface area contributed by atoms with Gasteiger partial charge in [-0.1, -0.05) is 41.5 Å². The molecule has 4 amide bonds. The minimum Gasteiger partial charge on any atom is -0.497 e. The molecule has 1 aliphatic rings. The Hall–Kier alpha value is -5.14. The first-order valence-corrected chi connectivity index (χ1v) is 17.0. The van der Waals surface area contributed by atoms with E-state index in [1.54, 1.807) is 53.9 Å². The van der Waals surface area contributed by atoms with E-state index in [0.717, 1.165) is 5.56 Å². The van der Waals surface area contributed by atoms with Crippen LogP contribution >= 0.6 is 0 Å². The van der Waals surface area contributed by atoms with E-state index in [1.165, 1.54) is 39.0 Å². The molecule has 1 saturated heterocycles. The van der Waals surface area contributed by atoms with Crippen LogP contribution in [0.5, 0.6) is 17.2 Å². The number of carbonyl (C=O) groups is 6. The van der Waals surface area contributed by atoms with E-state index in [0.29, 0.717) is 16.4 Å². The summed E-state index contributed by atoms with van der Waals surface area (Å²) in [5.41, 5.74) is -2.03. The van der Waals surface area contributed by atoms with Crippen molar-refractivity contribution in [1.29, 1.82) is 0 Å². The lowest BCUT2D eigenvalue weighted by atomic mass is 9.85. The first-order valence-electron chi connectivity index (χ1n) is 17.0. The number of nitrogens with zero attached hydrogens (tertiary/aromatic N) is 1. The van der Waals surface area contributed by atoms with Gasteiger partial charge in [-0.25, -0.2) is 14.5 Å². The van der Waals surface area contributed by atoms with E-state index in [1.807, 2.05) is 26.8 Å². The van der Waals surface area contributed by atoms with Gasteiger partial charge in [0.25, 0.3) is 11.8 Å². The Morgan fingerprint density at radius 3 is 2.12 bits per heavy atom. The molecule has 0 aromatic heterocycles. The first kappa shape index (κ1) is 41.3. The summed E-state index contributed by atoms with van der Waals surface area (Å²) < 4.78 is 28.4. The van der Waals surface area contributed by atoms with Crippen LogP contribution < -0.4 is 24.8 Å². The molecule has 14 nitrogen and oxygen atoms in total. The highest BCUT2D eigenvalue weighted by Crippen LogP contribution is 2.35. The lowest BCUT2D eigenvalue weighted by Gasteiger charge is -2.29. The maximum Gasteiger partial charge on any atom is 0.418 e. The van der Waals surface area contributed by atoms with Gasteiger partial charge in [0, 0.05) is 17.9 Å². The van der Waals surface area contributed by atoms with Crippen molar-refractivity contribution in [3.63, 3.8) is 0 Å². The van der Waals surface area contributed by atoms with E-state index in [2.05, 4.69) is 10.6 Å². The number of nitrogens with one attached hydrogen (secondary N) is 2. The number of methoxy groups -OCH3 is 1. The van der Waals surface area contributed by atoms with Crippen LogP contribution in [0.4, 0.5) is 10.5 Å². The van der Waals surface area contributed by atoms with Crippen molar-refractivity contribution in [2.45, 2.75) is 105 Å². The van der Waals surface area contributed by atoms with E-state index in [9.17, 15) is 28.8 Å². The van der Waals surface area contributed by atoms with E-state index in [-0.39, 0.29) is 41.5 Å². The number of amides is 4. The molecule has 52 heavy (non-hydrogen) atoms. The Labute approximate surface area is 304 Å². The molecule has 2 atom stereocenters. The largest absolute Gasteiger partial charge is 0.497 e. The van der Waals surface area contributed by atoms with Crippen LogP contribution in [0.15, 0.2) is 36.4 Å². The van der Waals surface area contributed by atoms with Crippen LogP contribution in [0.25, 0.3) is 0 Å². The predicted octanol–water partition coefficient (Wildman–Crippen LogP) is 5.20. The Morgan fingerprint density at radius 1 is 0.942 bits per heavy atom. The zero-order valence-corrected chi connectivity index (χ0v) is 32.0. The summed E-state index contributed by atoms with van der Waals surface area (Å²) in [5.74, 6) is -2.35. The predicted molar refractivity (Wildman–Crippen MR) is 192 cm³/mol. The maximum absolute atomic E-state index is 13.8. The third-order valence-electron chi connectivity index (χ3n) is 7.88. The number of ketones is 1. The normalized spacial score (nSPS) is 15.4. The molecule has 284 valence electrons. The zero-order chi connectivity index (χ0) is 39.3. The number of hydrogen-bond donors (Lipinski definition) is 2. The average molecular weight is 726 g/mol. The standard InChI is InChI=1S/C38H51N3O11/c1-21(2)50-29-17-23(13-15-27(29)40-32(44)30(31(43)37(7,8)9)41-34(46)38(10,11)52-35(41)47)33(45)51-25(19-39-22(3)42)20-49-28-16-14-24(48-12)18-26(28)36(4,5)6/h13-18,21,25,30H,19-20H2,1-12H3,(H,39,42)(H,40,44). The fourth-order valence-corrected chi connectivity index (χ4v) is 5.12. The zero-order valence-electron chi connectivity index (χ0n) is 32.0. The van der Waals surface area contributed by atoms with Gasteiger partial charge in [0.1, 0.15) is 23.9 Å². The Kier molecular flexibility index (Phi) is 12.7. The number of Topliss-reactive ketones (excluding diaryl/α,β-unsaturated/α-hetero) is 1. The van der Waals surface area contributed by atoms with Crippen molar-refractivity contribution >= 4 is 41.3 Å². The summed E-state index contributed by atoms with van der Waals surface area (Å²) in [7, 11) is 1.57. The maximum atomic E-state index is 13.8. The Balaban J connectivity index is 1.91. The molecule has 0 radical (unpaired) electrons. The van der Waals surface area contributed by atoms with Gasteiger partial charge < -0.3 is 34.3 Å². The van der Waals surface area contributed by atoms with Gasteiger partial charge in [-0.15, -0.1) is 0 Å². The number of rotatable bonds is 14. The number of esters is 1. The minimum absolute atomic E-state index is 0.0385. The van der Waals surface area contributed by atoms with Gasteiger partial charge >= 0.3 is 12.1 Å². The minimum atomic E-state index is -1.85. The van der Waals surface area contributed by atoms with Crippen LogP contribution in [-0.2, 0) is 34.1 Å². The van der Waals surface area contributed by atoms with Crippen molar-refractivity contribution in [3.05, 3.63) is 47.5 Å². The summed E-state index contributed by atoms with van der Waals surface area (Å²) in [4.78, 5) is 79.1. The molecular weight excluding hydrogens is 674 g/mol. The van der Waals surface area contributed by atoms with Crippen LogP contribution in [0.2, 0.25) is 0 Å². The highest BCUT2D eigenvalue weighted by Gasteiger charge is 2.55. The highest BCUT2D eigenvalue weighted by molar-refractivity contribution is 6.19. The molecule has 2 aromatic carbocycles. The van der Waals surface area contributed by atoms with Crippen molar-refractivity contribution in [3.8, 4) is 17.2 Å². The molecule has 1 fully saturated rings. The number of hydrogen-bond acceptors (Lipinski definition) is 11. The van der Waals surface area contributed by atoms with Crippen LogP contribution in [-0.4, -0.2) is 84.6 Å². The van der Waals surface area contributed by atoms with Crippen molar-refractivity contribution in [1.82, 2.24) is 10.2 Å². The summed E-state index contributed by atoms with van der Waals surface area (Å²) in [6, 6.07) is 7.66. The van der Waals surface area contributed by atoms with Crippen molar-refractivity contribution in [2.24, 2.45) is 5.41 Å². The Bertz CT molecular complexity index is 1700. The van der Waals surface area contributed by atoms with Crippen molar-refractivity contribution < 1.29 is 52.5 Å². The van der Waals surface area contributed by atoms with Crippen molar-refractivity contribution in [2.75, 3.05) is 25.6 Å². The molecule has 14 heteroatoms. The fourth-order valence-electron chi connectivity index (χ4n) is 5.12. The molecule has 0 saturated carbocycles. The van der Waals surface area contributed by atoms with Crippen LogP contribution in [0, 0.1) is 5.41 Å². The molecule has 1 heterocycles. The van der Waals surface area contributed by atoms with Crippen LogP contribution in [0.1, 0.15) is 92.1 Å². The van der Waals surface area contributed by atoms with Gasteiger partial charge in [0.2, 0.25) is 5.91 Å². The topological polar surface area (TPSA) is 176 Å². The second-order valence-electron chi connectivity index (χ2n) is 15.3. The summed E-state index contributed by atoms with van der Waals surface area (Å²) in [5, 5.41) is 5.26. The van der Waals surface area contributed by atoms with Gasteiger partial charge in [-0.05, 0) is 69.5 Å². The lowest BCUT2D eigenvalue weighted by molar-refractivity contribution is -0.145. The number of benzene rings is 2. The number of carbonyl (C=O) groups excluding carboxylic acids is 6. The molecule has 0 bridgehead atoms. The molecule has 0 aliphatic carbocycles. The molecule has 3 rings (SSSR count). The molecule has 0 spiro atoms. The Morgan fingerprint density at radius 2 is 1.60 bits per heavy atom.